The van der Waals surface area contributed by atoms with Crippen LogP contribution >= 0.6 is 23.4 Å². The molecule has 0 aliphatic rings. The molecule has 4 aromatic rings. The third-order valence-corrected chi connectivity index (χ3v) is 6.24. The maximum atomic E-state index is 13.3. The van der Waals surface area contributed by atoms with Crippen molar-refractivity contribution in [2.75, 3.05) is 19.5 Å². The van der Waals surface area contributed by atoms with Crippen molar-refractivity contribution in [1.29, 1.82) is 0 Å². The predicted molar refractivity (Wildman–Crippen MR) is 143 cm³/mol. The lowest BCUT2D eigenvalue weighted by Crippen LogP contribution is -2.24. The van der Waals surface area contributed by atoms with Crippen LogP contribution in [0.1, 0.15) is 12.5 Å². The van der Waals surface area contributed by atoms with Gasteiger partial charge in [-0.1, -0.05) is 35.5 Å². The number of methoxy groups -OCH3 is 1. The number of amides is 1. The fourth-order valence-corrected chi connectivity index (χ4v) is 4.34. The minimum absolute atomic E-state index is 0.00229. The molecule has 0 bridgehead atoms. The van der Waals surface area contributed by atoms with Gasteiger partial charge in [-0.15, -0.1) is 0 Å². The van der Waals surface area contributed by atoms with Crippen LogP contribution in [0.5, 0.6) is 11.5 Å². The second-order valence-electron chi connectivity index (χ2n) is 7.45. The topological polar surface area (TPSA) is 94.8 Å². The normalized spacial score (nSPS) is 11.1. The van der Waals surface area contributed by atoms with Gasteiger partial charge in [-0.3, -0.25) is 14.2 Å². The first-order chi connectivity index (χ1) is 17.5. The highest BCUT2D eigenvalue weighted by Gasteiger charge is 2.15. The molecule has 0 saturated carbocycles. The number of carbonyl (C=O) groups is 1. The molecule has 0 radical (unpaired) electrons. The molecule has 0 aliphatic heterocycles. The lowest BCUT2D eigenvalue weighted by atomic mass is 10.2. The fourth-order valence-electron chi connectivity index (χ4n) is 3.41. The highest BCUT2D eigenvalue weighted by Crippen LogP contribution is 2.27. The Hall–Kier alpha value is -3.82. The lowest BCUT2D eigenvalue weighted by molar-refractivity contribution is -0.118. The average molecular weight is 523 g/mol. The number of hydrogen-bond donors (Lipinski definition) is 1. The van der Waals surface area contributed by atoms with Gasteiger partial charge < -0.3 is 9.47 Å². The molecule has 3 aromatic carbocycles. The maximum absolute atomic E-state index is 13.3. The number of thioether (sulfide) groups is 1. The van der Waals surface area contributed by atoms with Gasteiger partial charge in [0.05, 0.1) is 42.3 Å². The van der Waals surface area contributed by atoms with Gasteiger partial charge in [0.2, 0.25) is 0 Å². The van der Waals surface area contributed by atoms with Gasteiger partial charge in [-0.25, -0.2) is 10.4 Å². The van der Waals surface area contributed by atoms with Crippen molar-refractivity contribution in [3.8, 4) is 17.2 Å². The Bertz CT molecular complexity index is 1470. The van der Waals surface area contributed by atoms with E-state index in [2.05, 4.69) is 15.5 Å². The van der Waals surface area contributed by atoms with E-state index >= 15 is 0 Å². The molecular weight excluding hydrogens is 500 g/mol. The molecule has 36 heavy (non-hydrogen) atoms. The number of hydrogen-bond acceptors (Lipinski definition) is 7. The minimum atomic E-state index is -0.348. The standard InChI is InChI=1S/C26H23ClN4O4S/c1-3-35-22-13-8-17(14-23(22)34-2)15-28-30-24(32)16-36-26-29-21-7-5-4-6-20(21)25(33)31(26)19-11-9-18(27)10-12-19/h4-15H,3,16H2,1-2H3,(H,30,32)/b28-15+. The highest BCUT2D eigenvalue weighted by atomic mass is 35.5. The molecule has 1 amide bonds. The Morgan fingerprint density at radius 1 is 1.14 bits per heavy atom. The molecule has 0 aliphatic carbocycles. The van der Waals surface area contributed by atoms with Crippen LogP contribution in [0.2, 0.25) is 5.02 Å². The molecule has 4 rings (SSSR count). The van der Waals surface area contributed by atoms with Gasteiger partial charge in [0.15, 0.2) is 16.7 Å². The van der Waals surface area contributed by atoms with Gasteiger partial charge in [0.25, 0.3) is 11.5 Å². The smallest absolute Gasteiger partial charge is 0.266 e. The summed E-state index contributed by atoms with van der Waals surface area (Å²) in [7, 11) is 1.56. The molecule has 10 heteroatoms. The zero-order valence-electron chi connectivity index (χ0n) is 19.6. The Balaban J connectivity index is 1.50. The molecule has 0 fully saturated rings. The van der Waals surface area contributed by atoms with Crippen molar-refractivity contribution in [1.82, 2.24) is 15.0 Å². The number of halogens is 1. The summed E-state index contributed by atoms with van der Waals surface area (Å²) in [4.78, 5) is 30.4. The van der Waals surface area contributed by atoms with Crippen LogP contribution in [-0.4, -0.2) is 41.1 Å². The van der Waals surface area contributed by atoms with Crippen molar-refractivity contribution >= 4 is 46.4 Å². The SMILES string of the molecule is CCOc1ccc(/C=N/NC(=O)CSc2nc3ccccc3c(=O)n2-c2ccc(Cl)cc2)cc1OC. The summed E-state index contributed by atoms with van der Waals surface area (Å²) in [6.45, 7) is 2.42. The van der Waals surface area contributed by atoms with E-state index in [1.54, 1.807) is 61.7 Å². The monoisotopic (exact) mass is 522 g/mol. The zero-order valence-corrected chi connectivity index (χ0v) is 21.2. The summed E-state index contributed by atoms with van der Waals surface area (Å²) in [5, 5.41) is 5.45. The summed E-state index contributed by atoms with van der Waals surface area (Å²) in [5.74, 6) is 0.860. The van der Waals surface area contributed by atoms with Gasteiger partial charge in [-0.2, -0.15) is 5.10 Å². The summed E-state index contributed by atoms with van der Waals surface area (Å²) in [6.07, 6.45) is 1.51. The molecule has 1 N–H and O–H groups in total. The van der Waals surface area contributed by atoms with E-state index in [-0.39, 0.29) is 17.2 Å². The van der Waals surface area contributed by atoms with Crippen LogP contribution in [0.4, 0.5) is 0 Å². The first-order valence-electron chi connectivity index (χ1n) is 11.0. The Kier molecular flexibility index (Phi) is 8.24. The van der Waals surface area contributed by atoms with E-state index in [0.29, 0.717) is 44.9 Å². The number of nitrogens with one attached hydrogen (secondary N) is 1. The van der Waals surface area contributed by atoms with Gasteiger partial charge in [0.1, 0.15) is 0 Å². The molecular formula is C26H23ClN4O4S. The number of benzene rings is 3. The van der Waals surface area contributed by atoms with Gasteiger partial charge in [0, 0.05) is 5.02 Å². The number of hydrazone groups is 1. The van der Waals surface area contributed by atoms with E-state index in [4.69, 9.17) is 21.1 Å². The van der Waals surface area contributed by atoms with E-state index in [1.807, 2.05) is 19.1 Å². The Morgan fingerprint density at radius 3 is 2.67 bits per heavy atom. The van der Waals surface area contributed by atoms with Crippen molar-refractivity contribution < 1.29 is 14.3 Å². The number of nitrogens with zero attached hydrogens (tertiary/aromatic N) is 3. The summed E-state index contributed by atoms with van der Waals surface area (Å²) < 4.78 is 12.3. The number of ether oxygens (including phenoxy) is 2. The Labute approximate surface area is 216 Å². The predicted octanol–water partition coefficient (Wildman–Crippen LogP) is 4.69. The van der Waals surface area contributed by atoms with Crippen molar-refractivity contribution in [2.45, 2.75) is 12.1 Å². The van der Waals surface area contributed by atoms with Crippen molar-refractivity contribution in [3.63, 3.8) is 0 Å². The molecule has 184 valence electrons. The van der Waals surface area contributed by atoms with Crippen LogP contribution in [-0.2, 0) is 4.79 Å². The molecule has 0 unspecified atom stereocenters. The summed E-state index contributed by atoms with van der Waals surface area (Å²) >= 11 is 7.16. The first-order valence-corrected chi connectivity index (χ1v) is 12.4. The van der Waals surface area contributed by atoms with E-state index in [1.165, 1.54) is 10.8 Å². The van der Waals surface area contributed by atoms with Crippen LogP contribution in [0.25, 0.3) is 16.6 Å². The first kappa shape index (κ1) is 25.3. The van der Waals surface area contributed by atoms with Crippen LogP contribution in [0, 0.1) is 0 Å². The molecule has 0 saturated heterocycles. The number of aromatic nitrogens is 2. The third kappa shape index (κ3) is 5.87. The molecule has 0 spiro atoms. The van der Waals surface area contributed by atoms with E-state index in [0.717, 1.165) is 17.3 Å². The van der Waals surface area contributed by atoms with Gasteiger partial charge >= 0.3 is 0 Å². The minimum Gasteiger partial charge on any atom is -0.493 e. The maximum Gasteiger partial charge on any atom is 0.266 e. The van der Waals surface area contributed by atoms with Crippen LogP contribution in [0.3, 0.4) is 0 Å². The fraction of sp³-hybridized carbons (Fsp3) is 0.154. The third-order valence-electron chi connectivity index (χ3n) is 5.05. The van der Waals surface area contributed by atoms with Crippen molar-refractivity contribution in [3.05, 3.63) is 87.7 Å². The number of fused-ring (bicyclic) bond motifs is 1. The van der Waals surface area contributed by atoms with E-state index in [9.17, 15) is 9.59 Å². The summed E-state index contributed by atoms with van der Waals surface area (Å²) in [6, 6.07) is 19.3. The van der Waals surface area contributed by atoms with Crippen molar-refractivity contribution in [2.24, 2.45) is 5.10 Å². The second-order valence-corrected chi connectivity index (χ2v) is 8.83. The second kappa shape index (κ2) is 11.7. The average Bonchev–Trinajstić information content (AvgIpc) is 2.89. The molecule has 1 aromatic heterocycles. The molecule has 0 atom stereocenters. The Morgan fingerprint density at radius 2 is 1.92 bits per heavy atom. The summed E-state index contributed by atoms with van der Waals surface area (Å²) in [5.41, 5.74) is 4.16. The number of para-hydroxylation sites is 1. The zero-order chi connectivity index (χ0) is 25.5. The van der Waals surface area contributed by atoms with Crippen LogP contribution in [0.15, 0.2) is 81.8 Å². The molecule has 1 heterocycles. The molecule has 8 nitrogen and oxygen atoms in total. The van der Waals surface area contributed by atoms with Crippen LogP contribution < -0.4 is 20.5 Å². The highest BCUT2D eigenvalue weighted by molar-refractivity contribution is 7.99. The number of rotatable bonds is 9. The quantitative estimate of drug-likeness (QED) is 0.148. The van der Waals surface area contributed by atoms with Gasteiger partial charge in [-0.05, 0) is 67.1 Å². The number of carbonyl (C=O) groups excluding carboxylic acids is 1. The largest absolute Gasteiger partial charge is 0.493 e. The lowest BCUT2D eigenvalue weighted by Gasteiger charge is -2.13. The van der Waals surface area contributed by atoms with E-state index < -0.39 is 0 Å².